The molecule has 3 nitrogen and oxygen atoms in total. The van der Waals surface area contributed by atoms with Gasteiger partial charge in [0.25, 0.3) is 5.56 Å². The van der Waals surface area contributed by atoms with Crippen molar-refractivity contribution in [3.63, 3.8) is 0 Å². The fourth-order valence-electron chi connectivity index (χ4n) is 3.00. The van der Waals surface area contributed by atoms with E-state index in [9.17, 15) is 4.79 Å². The van der Waals surface area contributed by atoms with Gasteiger partial charge in [-0.05, 0) is 42.4 Å². The maximum atomic E-state index is 12.3. The van der Waals surface area contributed by atoms with Crippen LogP contribution < -0.4 is 5.56 Å². The largest absolute Gasteiger partial charge is 0.301 e. The Morgan fingerprint density at radius 3 is 2.80 bits per heavy atom. The third-order valence-electron chi connectivity index (χ3n) is 4.32. The van der Waals surface area contributed by atoms with E-state index in [1.54, 1.807) is 11.3 Å². The van der Waals surface area contributed by atoms with Gasteiger partial charge in [-0.1, -0.05) is 32.5 Å². The summed E-state index contributed by atoms with van der Waals surface area (Å²) < 4.78 is 0. The summed E-state index contributed by atoms with van der Waals surface area (Å²) in [5.41, 5.74) is 1.62. The molecule has 0 saturated heterocycles. The van der Waals surface area contributed by atoms with Gasteiger partial charge in [0, 0.05) is 4.88 Å². The number of hydrogen-bond acceptors (Lipinski definition) is 4. The summed E-state index contributed by atoms with van der Waals surface area (Å²) in [5, 5.41) is 1.56. The maximum absolute atomic E-state index is 12.3. The predicted octanol–water partition coefficient (Wildman–Crippen LogP) is 3.86. The van der Waals surface area contributed by atoms with Crippen LogP contribution in [-0.2, 0) is 12.8 Å². The highest BCUT2D eigenvalue weighted by molar-refractivity contribution is 7.98. The van der Waals surface area contributed by atoms with E-state index in [0.717, 1.165) is 23.1 Å². The van der Waals surface area contributed by atoms with Crippen molar-refractivity contribution in [3.8, 4) is 0 Å². The lowest BCUT2D eigenvalue weighted by atomic mass is 9.72. The molecule has 2 aromatic heterocycles. The number of thiophene rings is 1. The third kappa shape index (κ3) is 2.31. The molecule has 0 aliphatic heterocycles. The lowest BCUT2D eigenvalue weighted by Crippen LogP contribution is -2.26. The number of rotatable bonds is 1. The molecule has 0 unspecified atom stereocenters. The zero-order valence-corrected chi connectivity index (χ0v) is 14.0. The van der Waals surface area contributed by atoms with Crippen LogP contribution in [0.2, 0.25) is 0 Å². The molecule has 108 valence electrons. The summed E-state index contributed by atoms with van der Waals surface area (Å²) in [5.74, 6) is 0.696. The Labute approximate surface area is 127 Å². The first kappa shape index (κ1) is 14.1. The lowest BCUT2D eigenvalue weighted by Gasteiger charge is -2.33. The maximum Gasteiger partial charge on any atom is 0.260 e. The molecule has 0 amide bonds. The van der Waals surface area contributed by atoms with Gasteiger partial charge in [0.05, 0.1) is 5.39 Å². The van der Waals surface area contributed by atoms with Crippen LogP contribution in [0.5, 0.6) is 0 Å². The fourth-order valence-corrected chi connectivity index (χ4v) is 4.74. The molecule has 5 heteroatoms. The van der Waals surface area contributed by atoms with Gasteiger partial charge >= 0.3 is 0 Å². The number of aromatic amines is 1. The molecule has 1 aliphatic carbocycles. The number of thioether (sulfide) groups is 1. The zero-order chi connectivity index (χ0) is 14.5. The Morgan fingerprint density at radius 1 is 1.40 bits per heavy atom. The van der Waals surface area contributed by atoms with Crippen LogP contribution in [0.25, 0.3) is 10.2 Å². The Bertz CT molecular complexity index is 709. The first-order valence-electron chi connectivity index (χ1n) is 6.98. The summed E-state index contributed by atoms with van der Waals surface area (Å²) in [6.07, 6.45) is 5.22. The van der Waals surface area contributed by atoms with Gasteiger partial charge in [-0.15, -0.1) is 11.3 Å². The topological polar surface area (TPSA) is 45.8 Å². The van der Waals surface area contributed by atoms with Crippen molar-refractivity contribution in [1.82, 2.24) is 9.97 Å². The molecule has 20 heavy (non-hydrogen) atoms. The van der Waals surface area contributed by atoms with Crippen molar-refractivity contribution in [2.45, 2.75) is 45.2 Å². The summed E-state index contributed by atoms with van der Waals surface area (Å²) >= 11 is 3.21. The van der Waals surface area contributed by atoms with Crippen LogP contribution >= 0.6 is 23.1 Å². The van der Waals surface area contributed by atoms with E-state index in [4.69, 9.17) is 0 Å². The smallest absolute Gasteiger partial charge is 0.260 e. The minimum Gasteiger partial charge on any atom is -0.301 e. The number of nitrogens with one attached hydrogen (secondary N) is 1. The lowest BCUT2D eigenvalue weighted by molar-refractivity contribution is 0.218. The van der Waals surface area contributed by atoms with E-state index in [2.05, 4.69) is 30.7 Å². The summed E-state index contributed by atoms with van der Waals surface area (Å²) in [6.45, 7) is 6.94. The van der Waals surface area contributed by atoms with Crippen molar-refractivity contribution >= 4 is 33.3 Å². The van der Waals surface area contributed by atoms with Crippen LogP contribution in [0.3, 0.4) is 0 Å². The van der Waals surface area contributed by atoms with Crippen LogP contribution in [0.15, 0.2) is 9.95 Å². The second kappa shape index (κ2) is 4.88. The molecule has 0 aromatic carbocycles. The van der Waals surface area contributed by atoms with Crippen molar-refractivity contribution in [3.05, 3.63) is 20.8 Å². The van der Waals surface area contributed by atoms with Crippen LogP contribution in [0, 0.1) is 11.3 Å². The molecule has 0 spiro atoms. The summed E-state index contributed by atoms with van der Waals surface area (Å²) in [4.78, 5) is 22.0. The highest BCUT2D eigenvalue weighted by Gasteiger charge is 2.31. The van der Waals surface area contributed by atoms with Gasteiger partial charge < -0.3 is 4.98 Å². The van der Waals surface area contributed by atoms with E-state index in [1.807, 2.05) is 6.26 Å². The van der Waals surface area contributed by atoms with Gasteiger partial charge in [0.1, 0.15) is 4.83 Å². The Hall–Kier alpha value is -0.810. The molecule has 0 bridgehead atoms. The Kier molecular flexibility index (Phi) is 3.45. The molecular weight excluding hydrogens is 288 g/mol. The summed E-state index contributed by atoms with van der Waals surface area (Å²) in [6, 6.07) is 0. The molecule has 1 aliphatic rings. The van der Waals surface area contributed by atoms with Crippen LogP contribution in [0.1, 0.15) is 37.6 Å². The van der Waals surface area contributed by atoms with Crippen molar-refractivity contribution in [1.29, 1.82) is 0 Å². The number of hydrogen-bond donors (Lipinski definition) is 1. The molecule has 1 N–H and O–H groups in total. The minimum atomic E-state index is 0.0334. The highest BCUT2D eigenvalue weighted by atomic mass is 32.2. The monoisotopic (exact) mass is 308 g/mol. The number of H-pyrrole nitrogens is 1. The van der Waals surface area contributed by atoms with Crippen molar-refractivity contribution in [2.75, 3.05) is 6.26 Å². The quantitative estimate of drug-likeness (QED) is 0.643. The first-order chi connectivity index (χ1) is 9.40. The van der Waals surface area contributed by atoms with Gasteiger partial charge in [0.2, 0.25) is 0 Å². The summed E-state index contributed by atoms with van der Waals surface area (Å²) in [7, 11) is 0. The molecule has 1 atom stereocenters. The number of aryl methyl sites for hydroxylation is 1. The van der Waals surface area contributed by atoms with Crippen LogP contribution in [-0.4, -0.2) is 16.2 Å². The third-order valence-corrected chi connectivity index (χ3v) is 6.04. The average Bonchev–Trinajstić information content (AvgIpc) is 2.74. The fraction of sp³-hybridized carbons (Fsp3) is 0.600. The highest BCUT2D eigenvalue weighted by Crippen LogP contribution is 2.42. The Balaban J connectivity index is 2.11. The van der Waals surface area contributed by atoms with Gasteiger partial charge in [-0.2, -0.15) is 0 Å². The molecule has 2 heterocycles. The minimum absolute atomic E-state index is 0.0334. The second-order valence-corrected chi connectivity index (χ2v) is 8.44. The van der Waals surface area contributed by atoms with Crippen LogP contribution in [0.4, 0.5) is 0 Å². The Morgan fingerprint density at radius 2 is 2.15 bits per heavy atom. The van der Waals surface area contributed by atoms with Gasteiger partial charge in [0.15, 0.2) is 5.16 Å². The average molecular weight is 308 g/mol. The van der Waals surface area contributed by atoms with Gasteiger partial charge in [-0.25, -0.2) is 4.98 Å². The molecule has 0 saturated carbocycles. The van der Waals surface area contributed by atoms with E-state index in [1.165, 1.54) is 28.6 Å². The molecule has 2 aromatic rings. The molecule has 3 rings (SSSR count). The standard InChI is InChI=1S/C15H20N2OS2/c1-15(2,3)8-5-6-9-10(7-8)20-13-11(9)12(18)16-14(17-13)19-4/h8H,5-7H2,1-4H3,(H,16,17,18)/t8-/m0/s1. The first-order valence-corrected chi connectivity index (χ1v) is 9.03. The van der Waals surface area contributed by atoms with Crippen molar-refractivity contribution in [2.24, 2.45) is 11.3 Å². The molecule has 0 fully saturated rings. The van der Waals surface area contributed by atoms with Gasteiger partial charge in [-0.3, -0.25) is 4.79 Å². The van der Waals surface area contributed by atoms with Crippen molar-refractivity contribution < 1.29 is 0 Å². The number of aromatic nitrogens is 2. The molecular formula is C15H20N2OS2. The number of nitrogens with zero attached hydrogens (tertiary/aromatic N) is 1. The zero-order valence-electron chi connectivity index (χ0n) is 12.4. The normalized spacial score (nSPS) is 19.3. The van der Waals surface area contributed by atoms with E-state index >= 15 is 0 Å². The van der Waals surface area contributed by atoms with E-state index in [-0.39, 0.29) is 5.56 Å². The van der Waals surface area contributed by atoms with E-state index in [0.29, 0.717) is 16.5 Å². The predicted molar refractivity (Wildman–Crippen MR) is 87.0 cm³/mol. The number of fused-ring (bicyclic) bond motifs is 3. The second-order valence-electron chi connectivity index (χ2n) is 6.56. The molecule has 0 radical (unpaired) electrons. The SMILES string of the molecule is CSc1nc2sc3c(c2c(=O)[nH]1)CC[C@H](C(C)(C)C)C3. The van der Waals surface area contributed by atoms with E-state index < -0.39 is 0 Å².